The maximum atomic E-state index is 12.6. The summed E-state index contributed by atoms with van der Waals surface area (Å²) < 4.78 is 6.98. The third-order valence-corrected chi connectivity index (χ3v) is 3.52. The van der Waals surface area contributed by atoms with Crippen LogP contribution in [0.3, 0.4) is 0 Å². The van der Waals surface area contributed by atoms with Gasteiger partial charge < -0.3 is 9.75 Å². The van der Waals surface area contributed by atoms with Gasteiger partial charge in [-0.05, 0) is 25.5 Å². The number of hydrogen-bond donors (Lipinski definition) is 0. The fraction of sp³-hybridized carbons (Fsp3) is 0.412. The molecule has 0 saturated heterocycles. The first kappa shape index (κ1) is 16.1. The van der Waals surface area contributed by atoms with Crippen LogP contribution in [0.5, 0.6) is 0 Å². The third-order valence-electron chi connectivity index (χ3n) is 3.52. The van der Waals surface area contributed by atoms with Crippen molar-refractivity contribution in [2.75, 3.05) is 25.7 Å². The van der Waals surface area contributed by atoms with Gasteiger partial charge >= 0.3 is 5.97 Å². The van der Waals surface area contributed by atoms with Crippen LogP contribution in [-0.4, -0.2) is 31.3 Å². The van der Waals surface area contributed by atoms with E-state index in [2.05, 4.69) is 0 Å². The third kappa shape index (κ3) is 3.13. The molecule has 22 heavy (non-hydrogen) atoms. The number of aromatic nitrogens is 1. The lowest BCUT2D eigenvalue weighted by Crippen LogP contribution is -2.30. The van der Waals surface area contributed by atoms with Crippen molar-refractivity contribution < 1.29 is 9.53 Å². The van der Waals surface area contributed by atoms with Crippen LogP contribution in [0.25, 0.3) is 10.9 Å². The molecule has 5 heteroatoms. The predicted octanol–water partition coefficient (Wildman–Crippen LogP) is 2.46. The van der Waals surface area contributed by atoms with E-state index in [4.69, 9.17) is 4.74 Å². The second kappa shape index (κ2) is 6.64. The molecule has 0 atom stereocenters. The van der Waals surface area contributed by atoms with E-state index in [1.807, 2.05) is 45.1 Å². The summed E-state index contributed by atoms with van der Waals surface area (Å²) in [7, 11) is 3.71. The van der Waals surface area contributed by atoms with Crippen molar-refractivity contribution >= 4 is 16.9 Å². The highest BCUT2D eigenvalue weighted by atomic mass is 16.5. The molecule has 2 aromatic rings. The van der Waals surface area contributed by atoms with Gasteiger partial charge in [0.2, 0.25) is 5.43 Å². The van der Waals surface area contributed by atoms with Gasteiger partial charge in [-0.1, -0.05) is 25.0 Å². The van der Waals surface area contributed by atoms with Crippen molar-refractivity contribution in [1.29, 1.82) is 0 Å². The number of aryl methyl sites for hydroxylation is 1. The Morgan fingerprint density at radius 2 is 2.05 bits per heavy atom. The lowest BCUT2D eigenvalue weighted by molar-refractivity contribution is 0.0497. The first-order valence-corrected chi connectivity index (χ1v) is 7.46. The number of rotatable bonds is 5. The molecular weight excluding hydrogens is 280 g/mol. The summed E-state index contributed by atoms with van der Waals surface area (Å²) in [5.74, 6) is -0.558. The van der Waals surface area contributed by atoms with Crippen molar-refractivity contribution in [3.8, 4) is 0 Å². The Morgan fingerprint density at radius 3 is 2.68 bits per heavy atom. The molecule has 0 unspecified atom stereocenters. The van der Waals surface area contributed by atoms with Gasteiger partial charge in [0.1, 0.15) is 5.56 Å². The summed E-state index contributed by atoms with van der Waals surface area (Å²) in [6.45, 7) is 4.28. The van der Waals surface area contributed by atoms with Gasteiger partial charge in [-0.2, -0.15) is 0 Å². The van der Waals surface area contributed by atoms with Gasteiger partial charge in [-0.25, -0.2) is 4.79 Å². The molecule has 0 bridgehead atoms. The predicted molar refractivity (Wildman–Crippen MR) is 88.2 cm³/mol. The van der Waals surface area contributed by atoms with Crippen LogP contribution in [0.1, 0.15) is 35.7 Å². The number of unbranched alkanes of at least 4 members (excludes halogenated alkanes) is 1. The minimum Gasteiger partial charge on any atom is -0.462 e. The van der Waals surface area contributed by atoms with Crippen molar-refractivity contribution in [2.24, 2.45) is 0 Å². The minimum atomic E-state index is -0.558. The maximum absolute atomic E-state index is 12.6. The summed E-state index contributed by atoms with van der Waals surface area (Å²) in [6.07, 6.45) is 3.28. The zero-order valence-electron chi connectivity index (χ0n) is 13.5. The van der Waals surface area contributed by atoms with E-state index >= 15 is 0 Å². The molecule has 0 aliphatic carbocycles. The number of pyridine rings is 1. The Bertz CT molecular complexity index is 747. The molecular formula is C17H22N2O3. The summed E-state index contributed by atoms with van der Waals surface area (Å²) >= 11 is 0. The smallest absolute Gasteiger partial charge is 0.343 e. The van der Waals surface area contributed by atoms with Crippen LogP contribution in [0.4, 0.5) is 0 Å². The van der Waals surface area contributed by atoms with Crippen LogP contribution in [0.15, 0.2) is 29.2 Å². The zero-order valence-corrected chi connectivity index (χ0v) is 13.5. The Kier molecular flexibility index (Phi) is 4.85. The normalized spacial score (nSPS) is 10.7. The number of ether oxygens (including phenoxy) is 1. The highest BCUT2D eigenvalue weighted by Crippen LogP contribution is 2.14. The van der Waals surface area contributed by atoms with Crippen molar-refractivity contribution in [2.45, 2.75) is 26.7 Å². The summed E-state index contributed by atoms with van der Waals surface area (Å²) in [5.41, 5.74) is 1.54. The highest BCUT2D eigenvalue weighted by molar-refractivity contribution is 5.94. The van der Waals surface area contributed by atoms with E-state index < -0.39 is 5.97 Å². The van der Waals surface area contributed by atoms with Gasteiger partial charge in [0.25, 0.3) is 0 Å². The number of benzene rings is 1. The average Bonchev–Trinajstić information content (AvgIpc) is 2.48. The molecule has 0 saturated carbocycles. The van der Waals surface area contributed by atoms with E-state index in [9.17, 15) is 9.59 Å². The fourth-order valence-corrected chi connectivity index (χ4v) is 2.29. The monoisotopic (exact) mass is 302 g/mol. The Morgan fingerprint density at radius 1 is 1.32 bits per heavy atom. The van der Waals surface area contributed by atoms with E-state index in [1.165, 1.54) is 0 Å². The minimum absolute atomic E-state index is 0.0721. The van der Waals surface area contributed by atoms with Crippen LogP contribution in [0, 0.1) is 6.92 Å². The fourth-order valence-electron chi connectivity index (χ4n) is 2.29. The Hall–Kier alpha value is -2.30. The quantitative estimate of drug-likeness (QED) is 0.629. The van der Waals surface area contributed by atoms with Crippen LogP contribution >= 0.6 is 0 Å². The second-order valence-electron chi connectivity index (χ2n) is 5.57. The molecule has 0 radical (unpaired) electrons. The molecule has 2 rings (SSSR count). The van der Waals surface area contributed by atoms with Crippen molar-refractivity contribution in [3.63, 3.8) is 0 Å². The van der Waals surface area contributed by atoms with Gasteiger partial charge in [0.15, 0.2) is 0 Å². The molecule has 1 aromatic heterocycles. The number of carbonyl (C=O) groups excluding carboxylic acids is 1. The van der Waals surface area contributed by atoms with Crippen molar-refractivity contribution in [3.05, 3.63) is 45.7 Å². The summed E-state index contributed by atoms with van der Waals surface area (Å²) in [4.78, 5) is 24.8. The SMILES string of the molecule is CCCCOC(=O)c1cn(N(C)C)c2ccc(C)cc2c1=O. The molecule has 0 aliphatic heterocycles. The van der Waals surface area contributed by atoms with Crippen LogP contribution in [-0.2, 0) is 4.74 Å². The topological polar surface area (TPSA) is 51.5 Å². The Balaban J connectivity index is 2.57. The van der Waals surface area contributed by atoms with Crippen molar-refractivity contribution in [1.82, 2.24) is 4.68 Å². The molecule has 1 heterocycles. The molecule has 1 aromatic carbocycles. The lowest BCUT2D eigenvalue weighted by Gasteiger charge is -2.20. The molecule has 0 aliphatic rings. The molecule has 0 N–H and O–H groups in total. The number of nitrogens with zero attached hydrogens (tertiary/aromatic N) is 2. The molecule has 0 amide bonds. The summed E-state index contributed by atoms with van der Waals surface area (Å²) in [6, 6.07) is 5.64. The number of esters is 1. The molecule has 0 spiro atoms. The van der Waals surface area contributed by atoms with E-state index in [1.54, 1.807) is 16.9 Å². The first-order chi connectivity index (χ1) is 10.5. The number of carbonyl (C=O) groups is 1. The van der Waals surface area contributed by atoms with E-state index in [0.29, 0.717) is 12.0 Å². The van der Waals surface area contributed by atoms with Gasteiger partial charge in [0, 0.05) is 25.7 Å². The largest absolute Gasteiger partial charge is 0.462 e. The van der Waals surface area contributed by atoms with E-state index in [-0.39, 0.29) is 11.0 Å². The standard InChI is InChI=1S/C17H22N2O3/c1-5-6-9-22-17(21)14-11-19(18(3)4)15-8-7-12(2)10-13(15)16(14)20/h7-8,10-11H,5-6,9H2,1-4H3. The highest BCUT2D eigenvalue weighted by Gasteiger charge is 2.17. The van der Waals surface area contributed by atoms with Gasteiger partial charge in [0.05, 0.1) is 12.1 Å². The maximum Gasteiger partial charge on any atom is 0.343 e. The van der Waals surface area contributed by atoms with Gasteiger partial charge in [-0.3, -0.25) is 9.47 Å². The number of hydrogen-bond acceptors (Lipinski definition) is 4. The van der Waals surface area contributed by atoms with Crippen LogP contribution in [0.2, 0.25) is 0 Å². The molecule has 5 nitrogen and oxygen atoms in total. The number of fused-ring (bicyclic) bond motifs is 1. The molecule has 118 valence electrons. The second-order valence-corrected chi connectivity index (χ2v) is 5.57. The molecule has 0 fully saturated rings. The summed E-state index contributed by atoms with van der Waals surface area (Å²) in [5, 5.41) is 2.35. The average molecular weight is 302 g/mol. The van der Waals surface area contributed by atoms with Crippen LogP contribution < -0.4 is 10.4 Å². The van der Waals surface area contributed by atoms with Gasteiger partial charge in [-0.15, -0.1) is 0 Å². The van der Waals surface area contributed by atoms with E-state index in [0.717, 1.165) is 23.9 Å². The Labute approximate surface area is 130 Å². The zero-order chi connectivity index (χ0) is 16.3. The lowest BCUT2D eigenvalue weighted by atomic mass is 10.1. The first-order valence-electron chi connectivity index (χ1n) is 7.46.